The van der Waals surface area contributed by atoms with Crippen molar-refractivity contribution in [2.45, 2.75) is 65.6 Å². The van der Waals surface area contributed by atoms with Gasteiger partial charge in [-0.05, 0) is 43.6 Å². The van der Waals surface area contributed by atoms with Crippen LogP contribution in [-0.2, 0) is 4.74 Å². The lowest BCUT2D eigenvalue weighted by Crippen LogP contribution is -2.38. The van der Waals surface area contributed by atoms with Crippen LogP contribution in [0.15, 0.2) is 0 Å². The molecule has 1 rings (SSSR count). The van der Waals surface area contributed by atoms with Gasteiger partial charge in [0.25, 0.3) is 0 Å². The van der Waals surface area contributed by atoms with Gasteiger partial charge in [-0.1, -0.05) is 34.1 Å². The first-order valence-corrected chi connectivity index (χ1v) is 8.04. The highest BCUT2D eigenvalue weighted by atomic mass is 16.5. The fourth-order valence-electron chi connectivity index (χ4n) is 3.05. The standard InChI is InChI=1S/C16H33NO2/c1-5-8-17-10-14(18)11-19-16-9-13(4)6-7-15(16)12(2)3/h12-18H,5-11H2,1-4H3. The van der Waals surface area contributed by atoms with E-state index in [1.54, 1.807) is 0 Å². The lowest BCUT2D eigenvalue weighted by atomic mass is 9.75. The molecule has 0 radical (unpaired) electrons. The van der Waals surface area contributed by atoms with Gasteiger partial charge in [0, 0.05) is 6.54 Å². The SMILES string of the molecule is CCCNCC(O)COC1CC(C)CCC1C(C)C. The Morgan fingerprint density at radius 2 is 2.05 bits per heavy atom. The first-order valence-electron chi connectivity index (χ1n) is 8.04. The maximum Gasteiger partial charge on any atom is 0.0897 e. The zero-order chi connectivity index (χ0) is 14.3. The van der Waals surface area contributed by atoms with E-state index in [0.717, 1.165) is 25.3 Å². The van der Waals surface area contributed by atoms with Crippen LogP contribution in [0.4, 0.5) is 0 Å². The Morgan fingerprint density at radius 1 is 1.32 bits per heavy atom. The van der Waals surface area contributed by atoms with Crippen molar-refractivity contribution in [2.24, 2.45) is 17.8 Å². The van der Waals surface area contributed by atoms with Crippen LogP contribution in [0, 0.1) is 17.8 Å². The second-order valence-corrected chi connectivity index (χ2v) is 6.56. The molecule has 1 aliphatic carbocycles. The lowest BCUT2D eigenvalue weighted by molar-refractivity contribution is -0.0682. The molecule has 0 spiro atoms. The minimum Gasteiger partial charge on any atom is -0.389 e. The molecule has 1 fully saturated rings. The van der Waals surface area contributed by atoms with Gasteiger partial charge in [-0.15, -0.1) is 0 Å². The summed E-state index contributed by atoms with van der Waals surface area (Å²) in [5.74, 6) is 2.09. The van der Waals surface area contributed by atoms with E-state index in [2.05, 4.69) is 33.0 Å². The van der Waals surface area contributed by atoms with Gasteiger partial charge in [-0.2, -0.15) is 0 Å². The van der Waals surface area contributed by atoms with Crippen LogP contribution < -0.4 is 5.32 Å². The van der Waals surface area contributed by atoms with Gasteiger partial charge in [0.2, 0.25) is 0 Å². The van der Waals surface area contributed by atoms with Gasteiger partial charge in [-0.3, -0.25) is 0 Å². The largest absolute Gasteiger partial charge is 0.389 e. The van der Waals surface area contributed by atoms with Crippen LogP contribution in [0.5, 0.6) is 0 Å². The molecule has 0 saturated heterocycles. The highest BCUT2D eigenvalue weighted by molar-refractivity contribution is 4.81. The lowest BCUT2D eigenvalue weighted by Gasteiger charge is -2.37. The Morgan fingerprint density at radius 3 is 2.68 bits per heavy atom. The number of aliphatic hydroxyl groups is 1. The summed E-state index contributed by atoms with van der Waals surface area (Å²) in [5, 5.41) is 13.1. The highest BCUT2D eigenvalue weighted by Crippen LogP contribution is 2.35. The summed E-state index contributed by atoms with van der Waals surface area (Å²) in [7, 11) is 0. The smallest absolute Gasteiger partial charge is 0.0897 e. The van der Waals surface area contributed by atoms with Crippen molar-refractivity contribution in [1.82, 2.24) is 5.32 Å². The maximum atomic E-state index is 9.91. The zero-order valence-corrected chi connectivity index (χ0v) is 13.2. The van der Waals surface area contributed by atoms with Crippen molar-refractivity contribution in [3.63, 3.8) is 0 Å². The van der Waals surface area contributed by atoms with Crippen LogP contribution >= 0.6 is 0 Å². The van der Waals surface area contributed by atoms with Crippen molar-refractivity contribution in [3.8, 4) is 0 Å². The Balaban J connectivity index is 2.31. The molecule has 0 amide bonds. The molecule has 4 atom stereocenters. The Bertz CT molecular complexity index is 233. The van der Waals surface area contributed by atoms with Crippen molar-refractivity contribution in [3.05, 3.63) is 0 Å². The van der Waals surface area contributed by atoms with Crippen molar-refractivity contribution in [1.29, 1.82) is 0 Å². The van der Waals surface area contributed by atoms with E-state index >= 15 is 0 Å². The topological polar surface area (TPSA) is 41.5 Å². The summed E-state index contributed by atoms with van der Waals surface area (Å²) in [6, 6.07) is 0. The average Bonchev–Trinajstić information content (AvgIpc) is 2.36. The summed E-state index contributed by atoms with van der Waals surface area (Å²) in [5.41, 5.74) is 0. The molecule has 4 unspecified atom stereocenters. The van der Waals surface area contributed by atoms with Crippen molar-refractivity contribution >= 4 is 0 Å². The molecule has 3 heteroatoms. The number of hydrogen-bond acceptors (Lipinski definition) is 3. The second kappa shape index (κ2) is 8.93. The summed E-state index contributed by atoms with van der Waals surface area (Å²) in [6.07, 6.45) is 4.80. The summed E-state index contributed by atoms with van der Waals surface area (Å²) in [4.78, 5) is 0. The van der Waals surface area contributed by atoms with Gasteiger partial charge in [0.15, 0.2) is 0 Å². The summed E-state index contributed by atoms with van der Waals surface area (Å²) >= 11 is 0. The first kappa shape index (κ1) is 16.9. The first-order chi connectivity index (χ1) is 9.04. The zero-order valence-electron chi connectivity index (χ0n) is 13.2. The highest BCUT2D eigenvalue weighted by Gasteiger charge is 2.31. The fraction of sp³-hybridized carbons (Fsp3) is 1.00. The monoisotopic (exact) mass is 271 g/mol. The van der Waals surface area contributed by atoms with Gasteiger partial charge >= 0.3 is 0 Å². The van der Waals surface area contributed by atoms with Crippen molar-refractivity contribution < 1.29 is 9.84 Å². The Kier molecular flexibility index (Phi) is 7.96. The van der Waals surface area contributed by atoms with Crippen LogP contribution in [0.25, 0.3) is 0 Å². The van der Waals surface area contributed by atoms with E-state index in [-0.39, 0.29) is 6.10 Å². The van der Waals surface area contributed by atoms with Gasteiger partial charge in [0.1, 0.15) is 0 Å². The van der Waals surface area contributed by atoms with E-state index in [9.17, 15) is 5.11 Å². The normalized spacial score (nSPS) is 29.7. The number of nitrogens with one attached hydrogen (secondary N) is 1. The molecule has 1 saturated carbocycles. The molecule has 19 heavy (non-hydrogen) atoms. The number of hydrogen-bond donors (Lipinski definition) is 2. The second-order valence-electron chi connectivity index (χ2n) is 6.56. The van der Waals surface area contributed by atoms with E-state index in [1.165, 1.54) is 12.8 Å². The van der Waals surface area contributed by atoms with Gasteiger partial charge in [-0.25, -0.2) is 0 Å². The number of rotatable bonds is 8. The molecule has 0 aromatic carbocycles. The predicted octanol–water partition coefficient (Wildman–Crippen LogP) is 2.82. The Labute approximate surface area is 119 Å². The van der Waals surface area contributed by atoms with Gasteiger partial charge < -0.3 is 15.2 Å². The third kappa shape index (κ3) is 6.24. The molecule has 0 aliphatic heterocycles. The van der Waals surface area contributed by atoms with E-state index < -0.39 is 0 Å². The molecule has 0 bridgehead atoms. The molecule has 0 aromatic rings. The van der Waals surface area contributed by atoms with E-state index in [1.807, 2.05) is 0 Å². The predicted molar refractivity (Wildman–Crippen MR) is 80.3 cm³/mol. The molecular formula is C16H33NO2. The van der Waals surface area contributed by atoms with E-state index in [4.69, 9.17) is 4.74 Å². The van der Waals surface area contributed by atoms with Crippen LogP contribution in [0.3, 0.4) is 0 Å². The molecule has 0 heterocycles. The van der Waals surface area contributed by atoms with E-state index in [0.29, 0.717) is 31.1 Å². The third-order valence-electron chi connectivity index (χ3n) is 4.27. The average molecular weight is 271 g/mol. The van der Waals surface area contributed by atoms with Crippen LogP contribution in [0.1, 0.15) is 53.4 Å². The number of aliphatic hydroxyl groups excluding tert-OH is 1. The third-order valence-corrected chi connectivity index (χ3v) is 4.27. The fourth-order valence-corrected chi connectivity index (χ4v) is 3.05. The molecule has 3 nitrogen and oxygen atoms in total. The maximum absolute atomic E-state index is 9.91. The molecule has 114 valence electrons. The van der Waals surface area contributed by atoms with Crippen molar-refractivity contribution in [2.75, 3.05) is 19.7 Å². The number of ether oxygens (including phenoxy) is 1. The Hall–Kier alpha value is -0.120. The van der Waals surface area contributed by atoms with Crippen LogP contribution in [-0.4, -0.2) is 37.0 Å². The van der Waals surface area contributed by atoms with Gasteiger partial charge in [0.05, 0.1) is 18.8 Å². The van der Waals surface area contributed by atoms with Crippen LogP contribution in [0.2, 0.25) is 0 Å². The molecule has 2 N–H and O–H groups in total. The minimum absolute atomic E-state index is 0.338. The molecule has 1 aliphatic rings. The molecule has 0 aromatic heterocycles. The summed E-state index contributed by atoms with van der Waals surface area (Å²) < 4.78 is 6.03. The minimum atomic E-state index is -0.378. The summed E-state index contributed by atoms with van der Waals surface area (Å²) in [6.45, 7) is 11.1. The quantitative estimate of drug-likeness (QED) is 0.667. The molecular weight excluding hydrogens is 238 g/mol.